The highest BCUT2D eigenvalue weighted by molar-refractivity contribution is 7.89. The number of hydrogen-bond donors (Lipinski definition) is 0. The molecule has 19 heavy (non-hydrogen) atoms. The lowest BCUT2D eigenvalue weighted by Gasteiger charge is -2.15. The highest BCUT2D eigenvalue weighted by atomic mass is 35.5. The first-order chi connectivity index (χ1) is 8.70. The van der Waals surface area contributed by atoms with Gasteiger partial charge in [0.05, 0.1) is 12.4 Å². The molecule has 4 nitrogen and oxygen atoms in total. The van der Waals surface area contributed by atoms with E-state index in [9.17, 15) is 17.2 Å². The SMILES string of the molecule is CC(C)n1cc(S(=O)(=O)N(C)CC(F)F)cc1CCl. The predicted octanol–water partition coefficient (Wildman–Crippen LogP) is 2.69. The van der Waals surface area contributed by atoms with Gasteiger partial charge in [0.2, 0.25) is 10.0 Å². The number of alkyl halides is 3. The summed E-state index contributed by atoms with van der Waals surface area (Å²) in [6, 6.07) is 1.46. The number of halogens is 3. The van der Waals surface area contributed by atoms with Gasteiger partial charge in [0.15, 0.2) is 0 Å². The molecule has 0 saturated heterocycles. The van der Waals surface area contributed by atoms with Crippen LogP contribution in [0.1, 0.15) is 25.6 Å². The number of hydrogen-bond acceptors (Lipinski definition) is 2. The third kappa shape index (κ3) is 3.67. The van der Waals surface area contributed by atoms with E-state index in [1.807, 2.05) is 13.8 Å². The van der Waals surface area contributed by atoms with E-state index in [2.05, 4.69) is 0 Å². The van der Waals surface area contributed by atoms with Crippen LogP contribution < -0.4 is 0 Å². The number of sulfonamides is 1. The van der Waals surface area contributed by atoms with Crippen LogP contribution in [0.4, 0.5) is 8.78 Å². The Labute approximate surface area is 117 Å². The molecule has 0 spiro atoms. The fourth-order valence-corrected chi connectivity index (χ4v) is 3.11. The second-order valence-electron chi connectivity index (χ2n) is 4.48. The van der Waals surface area contributed by atoms with E-state index in [1.54, 1.807) is 4.57 Å². The largest absolute Gasteiger partial charge is 0.346 e. The topological polar surface area (TPSA) is 42.3 Å². The third-order valence-corrected chi connectivity index (χ3v) is 4.77. The molecule has 0 aliphatic heterocycles. The molecule has 1 aromatic rings. The molecule has 0 aliphatic rings. The molecule has 0 amide bonds. The van der Waals surface area contributed by atoms with Gasteiger partial charge in [-0.25, -0.2) is 17.2 Å². The highest BCUT2D eigenvalue weighted by Crippen LogP contribution is 2.23. The Kier molecular flexibility index (Phi) is 5.34. The van der Waals surface area contributed by atoms with Crippen molar-refractivity contribution in [3.8, 4) is 0 Å². The monoisotopic (exact) mass is 314 g/mol. The fraction of sp³-hybridized carbons (Fsp3) is 0.636. The van der Waals surface area contributed by atoms with Crippen molar-refractivity contribution in [3.05, 3.63) is 18.0 Å². The summed E-state index contributed by atoms with van der Waals surface area (Å²) in [4.78, 5) is -0.0139. The third-order valence-electron chi connectivity index (χ3n) is 2.70. The van der Waals surface area contributed by atoms with Crippen LogP contribution in [0.25, 0.3) is 0 Å². The second-order valence-corrected chi connectivity index (χ2v) is 6.79. The van der Waals surface area contributed by atoms with Crippen LogP contribution in [-0.2, 0) is 15.9 Å². The van der Waals surface area contributed by atoms with E-state index in [0.717, 1.165) is 7.05 Å². The molecule has 0 unspecified atom stereocenters. The van der Waals surface area contributed by atoms with Crippen molar-refractivity contribution >= 4 is 21.6 Å². The van der Waals surface area contributed by atoms with Crippen LogP contribution in [0.15, 0.2) is 17.2 Å². The van der Waals surface area contributed by atoms with E-state index in [1.165, 1.54) is 12.3 Å². The van der Waals surface area contributed by atoms with Gasteiger partial charge >= 0.3 is 0 Å². The summed E-state index contributed by atoms with van der Waals surface area (Å²) in [7, 11) is -2.77. The Hall–Kier alpha value is -0.660. The molecular weight excluding hydrogens is 298 g/mol. The van der Waals surface area contributed by atoms with Crippen LogP contribution in [-0.4, -0.2) is 37.3 Å². The minimum Gasteiger partial charge on any atom is -0.346 e. The highest BCUT2D eigenvalue weighted by Gasteiger charge is 2.26. The molecule has 1 rings (SSSR count). The van der Waals surface area contributed by atoms with Gasteiger partial charge < -0.3 is 4.57 Å². The van der Waals surface area contributed by atoms with Crippen molar-refractivity contribution in [1.82, 2.24) is 8.87 Å². The van der Waals surface area contributed by atoms with Crippen molar-refractivity contribution in [3.63, 3.8) is 0 Å². The van der Waals surface area contributed by atoms with Crippen molar-refractivity contribution < 1.29 is 17.2 Å². The zero-order valence-electron chi connectivity index (χ0n) is 11.0. The van der Waals surface area contributed by atoms with E-state index >= 15 is 0 Å². The van der Waals surface area contributed by atoms with Gasteiger partial charge in [-0.05, 0) is 19.9 Å². The summed E-state index contributed by atoms with van der Waals surface area (Å²) in [5, 5.41) is 0. The number of nitrogens with zero attached hydrogens (tertiary/aromatic N) is 2. The molecule has 0 atom stereocenters. The lowest BCUT2D eigenvalue weighted by molar-refractivity contribution is 0.126. The molecule has 0 aliphatic carbocycles. The minimum atomic E-state index is -3.91. The summed E-state index contributed by atoms with van der Waals surface area (Å²) in [6.07, 6.45) is -1.28. The Morgan fingerprint density at radius 1 is 1.42 bits per heavy atom. The maximum Gasteiger partial charge on any atom is 0.252 e. The van der Waals surface area contributed by atoms with E-state index in [0.29, 0.717) is 10.00 Å². The fourth-order valence-electron chi connectivity index (χ4n) is 1.70. The summed E-state index contributed by atoms with van der Waals surface area (Å²) in [5.74, 6) is 0.159. The summed E-state index contributed by atoms with van der Waals surface area (Å²) >= 11 is 5.75. The number of aromatic nitrogens is 1. The molecule has 0 N–H and O–H groups in total. The van der Waals surface area contributed by atoms with Crippen molar-refractivity contribution in [2.45, 2.75) is 37.1 Å². The molecule has 1 heterocycles. The van der Waals surface area contributed by atoms with Crippen molar-refractivity contribution in [1.29, 1.82) is 0 Å². The van der Waals surface area contributed by atoms with Crippen LogP contribution in [0.3, 0.4) is 0 Å². The zero-order chi connectivity index (χ0) is 14.8. The summed E-state index contributed by atoms with van der Waals surface area (Å²) in [6.45, 7) is 2.94. The molecule has 1 aromatic heterocycles. The first kappa shape index (κ1) is 16.4. The average Bonchev–Trinajstić information content (AvgIpc) is 2.72. The van der Waals surface area contributed by atoms with E-state index in [-0.39, 0.29) is 16.8 Å². The van der Waals surface area contributed by atoms with E-state index in [4.69, 9.17) is 11.6 Å². The molecule has 110 valence electrons. The Morgan fingerprint density at radius 2 is 2.00 bits per heavy atom. The van der Waals surface area contributed by atoms with Gasteiger partial charge in [-0.3, -0.25) is 0 Å². The average molecular weight is 315 g/mol. The molecular formula is C11H17ClF2N2O2S. The summed E-state index contributed by atoms with van der Waals surface area (Å²) < 4.78 is 51.1. The normalized spacial score (nSPS) is 12.9. The van der Waals surface area contributed by atoms with Crippen molar-refractivity contribution in [2.75, 3.05) is 13.6 Å². The zero-order valence-corrected chi connectivity index (χ0v) is 12.5. The lowest BCUT2D eigenvalue weighted by atomic mass is 10.4. The first-order valence-corrected chi connectivity index (χ1v) is 7.68. The van der Waals surface area contributed by atoms with Gasteiger partial charge in [-0.2, -0.15) is 4.31 Å². The minimum absolute atomic E-state index is 0.0139. The van der Waals surface area contributed by atoms with Crippen LogP contribution in [0.5, 0.6) is 0 Å². The standard InChI is InChI=1S/C11H17ClF2N2O2S/c1-8(2)16-6-10(4-9(16)5-12)19(17,18)15(3)7-11(13)14/h4,6,8,11H,5,7H2,1-3H3. The Balaban J connectivity index is 3.15. The van der Waals surface area contributed by atoms with Gasteiger partial charge in [0.1, 0.15) is 4.90 Å². The van der Waals surface area contributed by atoms with Gasteiger partial charge in [0, 0.05) is 25.0 Å². The molecule has 0 aromatic carbocycles. The van der Waals surface area contributed by atoms with Crippen LogP contribution >= 0.6 is 11.6 Å². The van der Waals surface area contributed by atoms with E-state index < -0.39 is 23.0 Å². The molecule has 0 saturated carbocycles. The lowest BCUT2D eigenvalue weighted by Crippen LogP contribution is -2.31. The second kappa shape index (κ2) is 6.19. The molecule has 0 fully saturated rings. The predicted molar refractivity (Wildman–Crippen MR) is 70.2 cm³/mol. The Bertz CT molecular complexity index is 529. The van der Waals surface area contributed by atoms with Gasteiger partial charge in [-0.15, -0.1) is 11.6 Å². The van der Waals surface area contributed by atoms with Crippen molar-refractivity contribution in [2.24, 2.45) is 0 Å². The smallest absolute Gasteiger partial charge is 0.252 e. The molecule has 0 bridgehead atoms. The summed E-state index contributed by atoms with van der Waals surface area (Å²) in [5.41, 5.74) is 0.640. The Morgan fingerprint density at radius 3 is 2.37 bits per heavy atom. The van der Waals surface area contributed by atoms with Crippen LogP contribution in [0, 0.1) is 0 Å². The van der Waals surface area contributed by atoms with Gasteiger partial charge in [0.25, 0.3) is 6.43 Å². The molecule has 8 heteroatoms. The number of rotatable bonds is 6. The first-order valence-electron chi connectivity index (χ1n) is 5.71. The molecule has 0 radical (unpaired) electrons. The maximum atomic E-state index is 12.3. The van der Waals surface area contributed by atoms with Gasteiger partial charge in [-0.1, -0.05) is 0 Å². The van der Waals surface area contributed by atoms with Crippen LogP contribution in [0.2, 0.25) is 0 Å². The quantitative estimate of drug-likeness (QED) is 0.758. The maximum absolute atomic E-state index is 12.3.